The molecule has 2 aliphatic rings. The van der Waals surface area contributed by atoms with Crippen LogP contribution in [0.15, 0.2) is 42.0 Å². The highest BCUT2D eigenvalue weighted by atomic mass is 19.1. The summed E-state index contributed by atoms with van der Waals surface area (Å²) in [5.74, 6) is -1.47. The van der Waals surface area contributed by atoms with Crippen molar-refractivity contribution in [3.8, 4) is 6.07 Å². The zero-order valence-electron chi connectivity index (χ0n) is 16.5. The largest absolute Gasteiger partial charge is 0.330 e. The fourth-order valence-electron chi connectivity index (χ4n) is 4.13. The highest BCUT2D eigenvalue weighted by Gasteiger charge is 2.33. The average Bonchev–Trinajstić information content (AvgIpc) is 3.24. The molecular weight excluding hydrogens is 388 g/mol. The summed E-state index contributed by atoms with van der Waals surface area (Å²) in [6.45, 7) is 0.985. The molecular formula is C22H21F2N5O. The lowest BCUT2D eigenvalue weighted by atomic mass is 10.0. The van der Waals surface area contributed by atoms with Crippen LogP contribution < -0.4 is 11.2 Å². The molecule has 0 saturated carbocycles. The molecule has 30 heavy (non-hydrogen) atoms. The smallest absolute Gasteiger partial charge is 0.254 e. The van der Waals surface area contributed by atoms with Gasteiger partial charge in [0.15, 0.2) is 0 Å². The van der Waals surface area contributed by atoms with Gasteiger partial charge in [0.2, 0.25) is 0 Å². The molecule has 2 aliphatic heterocycles. The molecule has 6 nitrogen and oxygen atoms in total. The lowest BCUT2D eigenvalue weighted by molar-refractivity contribution is 0.0708. The van der Waals surface area contributed by atoms with E-state index in [0.29, 0.717) is 29.8 Å². The van der Waals surface area contributed by atoms with E-state index in [1.165, 1.54) is 12.1 Å². The normalized spacial score (nSPS) is 16.8. The average molecular weight is 409 g/mol. The molecule has 0 fully saturated rings. The summed E-state index contributed by atoms with van der Waals surface area (Å²) in [4.78, 5) is 14.6. The van der Waals surface area contributed by atoms with Crippen LogP contribution in [0.3, 0.4) is 0 Å². The maximum absolute atomic E-state index is 13.5. The van der Waals surface area contributed by atoms with E-state index in [-0.39, 0.29) is 24.9 Å². The molecule has 1 amide bonds. The van der Waals surface area contributed by atoms with Gasteiger partial charge >= 0.3 is 0 Å². The van der Waals surface area contributed by atoms with E-state index >= 15 is 0 Å². The van der Waals surface area contributed by atoms with Crippen LogP contribution in [0.1, 0.15) is 27.0 Å². The number of nitrogens with one attached hydrogen (secondary N) is 1. The zero-order valence-corrected chi connectivity index (χ0v) is 16.5. The van der Waals surface area contributed by atoms with Crippen molar-refractivity contribution in [2.75, 3.05) is 20.1 Å². The number of nitrogens with two attached hydrogens (primary N) is 1. The van der Waals surface area contributed by atoms with Gasteiger partial charge < -0.3 is 15.6 Å². The Balaban J connectivity index is 1.60. The molecule has 2 aromatic carbocycles. The van der Waals surface area contributed by atoms with Crippen molar-refractivity contribution >= 4 is 11.6 Å². The first-order valence-electron chi connectivity index (χ1n) is 9.61. The Bertz CT molecular complexity index is 1070. The monoisotopic (exact) mass is 409 g/mol. The third-order valence-electron chi connectivity index (χ3n) is 5.57. The highest BCUT2D eigenvalue weighted by molar-refractivity contribution is 5.99. The van der Waals surface area contributed by atoms with Gasteiger partial charge in [-0.25, -0.2) is 14.2 Å². The number of carbonyl (C=O) groups is 1. The number of hydrogen-bond acceptors (Lipinski definition) is 5. The summed E-state index contributed by atoms with van der Waals surface area (Å²) in [6.07, 6.45) is 0.258. The summed E-state index contributed by atoms with van der Waals surface area (Å²) in [6, 6.07) is 10.7. The first-order chi connectivity index (χ1) is 14.4. The Kier molecular flexibility index (Phi) is 5.24. The van der Waals surface area contributed by atoms with E-state index < -0.39 is 11.6 Å². The van der Waals surface area contributed by atoms with Gasteiger partial charge in [0, 0.05) is 43.4 Å². The maximum Gasteiger partial charge on any atom is 0.254 e. The molecule has 1 atom stereocenters. The molecule has 0 aliphatic carbocycles. The fourth-order valence-corrected chi connectivity index (χ4v) is 4.13. The number of benzene rings is 2. The lowest BCUT2D eigenvalue weighted by Gasteiger charge is -2.26. The Morgan fingerprint density at radius 3 is 2.63 bits per heavy atom. The molecule has 0 radical (unpaired) electrons. The van der Waals surface area contributed by atoms with Gasteiger partial charge in [0.1, 0.15) is 11.6 Å². The standard InChI is InChI=1S/C22H21F2N5O/c1-28-21(16(9-25)11-27-28)14-2-3-20-15(7-14)12-29(22(20)30)19(10-26)6-13-4-17(23)8-18(24)5-13/h2-5,7-8,19,27H,6,10-12,26H2,1H3/t19-/m0/s1. The molecule has 0 spiro atoms. The van der Waals surface area contributed by atoms with Crippen molar-refractivity contribution in [3.05, 3.63) is 75.9 Å². The summed E-state index contributed by atoms with van der Waals surface area (Å²) >= 11 is 0. The number of fused-ring (bicyclic) bond motifs is 1. The van der Waals surface area contributed by atoms with Crippen molar-refractivity contribution in [3.63, 3.8) is 0 Å². The van der Waals surface area contributed by atoms with Gasteiger partial charge in [-0.15, -0.1) is 0 Å². The Morgan fingerprint density at radius 1 is 1.23 bits per heavy atom. The minimum Gasteiger partial charge on any atom is -0.330 e. The topological polar surface area (TPSA) is 85.4 Å². The van der Waals surface area contributed by atoms with Gasteiger partial charge in [-0.1, -0.05) is 6.07 Å². The van der Waals surface area contributed by atoms with Gasteiger partial charge in [0.25, 0.3) is 5.91 Å². The SMILES string of the molecule is CN1NCC(C#N)=C1c1ccc2c(c1)CN([C@H](CN)Cc1cc(F)cc(F)c1)C2=O. The second-order valence-electron chi connectivity index (χ2n) is 7.51. The molecule has 0 aromatic heterocycles. The van der Waals surface area contributed by atoms with Crippen LogP contribution in [-0.4, -0.2) is 42.0 Å². The quantitative estimate of drug-likeness (QED) is 0.791. The van der Waals surface area contributed by atoms with Crippen molar-refractivity contribution in [1.82, 2.24) is 15.3 Å². The predicted molar refractivity (Wildman–Crippen MR) is 108 cm³/mol. The molecule has 2 heterocycles. The first-order valence-corrected chi connectivity index (χ1v) is 9.61. The molecule has 0 bridgehead atoms. The van der Waals surface area contributed by atoms with Crippen LogP contribution in [0.25, 0.3) is 5.70 Å². The number of hydrogen-bond donors (Lipinski definition) is 2. The highest BCUT2D eigenvalue weighted by Crippen LogP contribution is 2.31. The number of hydrazine groups is 1. The van der Waals surface area contributed by atoms with Gasteiger partial charge in [-0.05, 0) is 41.8 Å². The Labute approximate surface area is 173 Å². The van der Waals surface area contributed by atoms with Gasteiger partial charge in [-0.3, -0.25) is 4.79 Å². The summed E-state index contributed by atoms with van der Waals surface area (Å²) < 4.78 is 27.1. The summed E-state index contributed by atoms with van der Waals surface area (Å²) in [5.41, 5.74) is 13.2. The van der Waals surface area contributed by atoms with Crippen LogP contribution in [0, 0.1) is 23.0 Å². The van der Waals surface area contributed by atoms with E-state index in [4.69, 9.17) is 5.73 Å². The van der Waals surface area contributed by atoms with Gasteiger partial charge in [-0.2, -0.15) is 5.26 Å². The molecule has 8 heteroatoms. The van der Waals surface area contributed by atoms with E-state index in [2.05, 4.69) is 11.5 Å². The lowest BCUT2D eigenvalue weighted by Crippen LogP contribution is -2.42. The summed E-state index contributed by atoms with van der Waals surface area (Å²) in [7, 11) is 1.84. The van der Waals surface area contributed by atoms with Crippen molar-refractivity contribution in [2.45, 2.75) is 19.0 Å². The second kappa shape index (κ2) is 7.86. The summed E-state index contributed by atoms with van der Waals surface area (Å²) in [5, 5.41) is 11.2. The van der Waals surface area contributed by atoms with Crippen LogP contribution in [-0.2, 0) is 13.0 Å². The molecule has 4 rings (SSSR count). The predicted octanol–water partition coefficient (Wildman–Crippen LogP) is 2.18. The van der Waals surface area contributed by atoms with E-state index in [9.17, 15) is 18.8 Å². The Hall–Kier alpha value is -3.28. The number of carbonyl (C=O) groups excluding carboxylic acids is 1. The van der Waals surface area contributed by atoms with E-state index in [1.54, 1.807) is 16.0 Å². The fraction of sp³-hybridized carbons (Fsp3) is 0.273. The molecule has 0 unspecified atom stereocenters. The van der Waals surface area contributed by atoms with E-state index in [1.807, 2.05) is 19.2 Å². The molecule has 3 N–H and O–H groups in total. The van der Waals surface area contributed by atoms with Crippen LogP contribution in [0.4, 0.5) is 8.78 Å². The first kappa shape index (κ1) is 20.0. The minimum atomic E-state index is -0.655. The molecule has 2 aromatic rings. The maximum atomic E-state index is 13.5. The van der Waals surface area contributed by atoms with Crippen LogP contribution in [0.5, 0.6) is 0 Å². The number of amides is 1. The Morgan fingerprint density at radius 2 is 1.97 bits per heavy atom. The third-order valence-corrected chi connectivity index (χ3v) is 5.57. The minimum absolute atomic E-state index is 0.156. The van der Waals surface area contributed by atoms with Crippen molar-refractivity contribution in [2.24, 2.45) is 5.73 Å². The second-order valence-corrected chi connectivity index (χ2v) is 7.51. The molecule has 0 saturated heterocycles. The number of halogens is 2. The zero-order chi connectivity index (χ0) is 21.4. The van der Waals surface area contributed by atoms with Crippen LogP contribution in [0.2, 0.25) is 0 Å². The number of nitriles is 1. The van der Waals surface area contributed by atoms with Crippen molar-refractivity contribution in [1.29, 1.82) is 5.26 Å². The number of nitrogens with zero attached hydrogens (tertiary/aromatic N) is 3. The van der Waals surface area contributed by atoms with E-state index in [0.717, 1.165) is 22.9 Å². The third kappa shape index (κ3) is 3.54. The van der Waals surface area contributed by atoms with Crippen molar-refractivity contribution < 1.29 is 13.6 Å². The van der Waals surface area contributed by atoms with Crippen LogP contribution >= 0.6 is 0 Å². The number of rotatable bonds is 5. The molecule has 154 valence electrons. The van der Waals surface area contributed by atoms with Gasteiger partial charge in [0.05, 0.1) is 23.9 Å².